The van der Waals surface area contributed by atoms with Crippen molar-refractivity contribution < 1.29 is 9.15 Å². The first-order valence-corrected chi connectivity index (χ1v) is 7.95. The zero-order valence-corrected chi connectivity index (χ0v) is 14.7. The van der Waals surface area contributed by atoms with Crippen LogP contribution in [0.4, 0.5) is 0 Å². The summed E-state index contributed by atoms with van der Waals surface area (Å²) in [5.41, 5.74) is 1.83. The van der Waals surface area contributed by atoms with Gasteiger partial charge in [0.2, 0.25) is 0 Å². The van der Waals surface area contributed by atoms with Gasteiger partial charge in [0, 0.05) is 11.3 Å². The summed E-state index contributed by atoms with van der Waals surface area (Å²) in [6, 6.07) is 14.8. The fourth-order valence-electron chi connectivity index (χ4n) is 2.61. The Morgan fingerprint density at radius 3 is 2.58 bits per heavy atom. The monoisotopic (exact) mass is 347 g/mol. The van der Waals surface area contributed by atoms with Gasteiger partial charge >= 0.3 is 0 Å². The van der Waals surface area contributed by atoms with E-state index < -0.39 is 5.56 Å². The second-order valence-corrected chi connectivity index (χ2v) is 5.75. The van der Waals surface area contributed by atoms with Crippen molar-refractivity contribution in [2.45, 2.75) is 13.8 Å². The van der Waals surface area contributed by atoms with E-state index >= 15 is 0 Å². The first-order chi connectivity index (χ1) is 12.5. The predicted octanol–water partition coefficient (Wildman–Crippen LogP) is 3.49. The highest BCUT2D eigenvalue weighted by Gasteiger charge is 2.09. The molecule has 26 heavy (non-hydrogen) atoms. The molecule has 0 saturated heterocycles. The van der Waals surface area contributed by atoms with E-state index in [1.807, 2.05) is 36.4 Å². The third kappa shape index (κ3) is 3.28. The molecular formula is C20H17N3O3. The van der Waals surface area contributed by atoms with Gasteiger partial charge in [0.25, 0.3) is 5.56 Å². The molecule has 0 spiro atoms. The van der Waals surface area contributed by atoms with Gasteiger partial charge < -0.3 is 9.15 Å². The molecular weight excluding hydrogens is 330 g/mol. The summed E-state index contributed by atoms with van der Waals surface area (Å²) in [7, 11) is 1.61. The summed E-state index contributed by atoms with van der Waals surface area (Å²) >= 11 is 0. The van der Waals surface area contributed by atoms with Crippen molar-refractivity contribution in [3.05, 3.63) is 75.4 Å². The van der Waals surface area contributed by atoms with E-state index in [2.05, 4.69) is 5.10 Å². The van der Waals surface area contributed by atoms with Crippen LogP contribution in [0.25, 0.3) is 11.3 Å². The zero-order valence-electron chi connectivity index (χ0n) is 14.7. The average Bonchev–Trinajstić information content (AvgIpc) is 3.10. The number of aryl methyl sites for hydroxylation is 2. The Labute approximate surface area is 150 Å². The number of aromatic nitrogens is 1. The van der Waals surface area contributed by atoms with Crippen LogP contribution < -0.4 is 10.3 Å². The topological polar surface area (TPSA) is 80.5 Å². The highest BCUT2D eigenvalue weighted by Crippen LogP contribution is 2.24. The lowest BCUT2D eigenvalue weighted by Gasteiger charge is -2.05. The van der Waals surface area contributed by atoms with Crippen molar-refractivity contribution in [1.82, 2.24) is 4.68 Å². The molecule has 0 atom stereocenters. The lowest BCUT2D eigenvalue weighted by atomic mass is 10.1. The Morgan fingerprint density at radius 2 is 1.92 bits per heavy atom. The Balaban J connectivity index is 1.90. The molecule has 0 bridgehead atoms. The predicted molar refractivity (Wildman–Crippen MR) is 98.6 cm³/mol. The molecule has 3 rings (SSSR count). The van der Waals surface area contributed by atoms with Gasteiger partial charge in [0.05, 0.1) is 13.3 Å². The third-order valence-electron chi connectivity index (χ3n) is 3.97. The lowest BCUT2D eigenvalue weighted by Crippen LogP contribution is -2.22. The SMILES string of the molecule is COc1ccc(-c2ccc(C=Nn3c(C)cc(C)c(C#N)c3=O)o2)cc1. The van der Waals surface area contributed by atoms with Gasteiger partial charge in [-0.3, -0.25) is 4.79 Å². The van der Waals surface area contributed by atoms with E-state index in [1.54, 1.807) is 33.1 Å². The molecule has 0 aliphatic rings. The molecule has 6 heteroatoms. The number of ether oxygens (including phenoxy) is 1. The van der Waals surface area contributed by atoms with E-state index in [0.717, 1.165) is 11.3 Å². The number of furan rings is 1. The van der Waals surface area contributed by atoms with Gasteiger partial charge in [0.15, 0.2) is 0 Å². The average molecular weight is 347 g/mol. The number of nitrogens with zero attached hydrogens (tertiary/aromatic N) is 3. The van der Waals surface area contributed by atoms with Crippen molar-refractivity contribution in [3.8, 4) is 23.1 Å². The van der Waals surface area contributed by atoms with Gasteiger partial charge in [-0.25, -0.2) is 4.68 Å². The molecule has 0 saturated carbocycles. The van der Waals surface area contributed by atoms with Crippen molar-refractivity contribution in [3.63, 3.8) is 0 Å². The smallest absolute Gasteiger partial charge is 0.289 e. The minimum absolute atomic E-state index is 0.0890. The molecule has 3 aromatic rings. The summed E-state index contributed by atoms with van der Waals surface area (Å²) in [5.74, 6) is 1.95. The second kappa shape index (κ2) is 7.11. The molecule has 0 unspecified atom stereocenters. The highest BCUT2D eigenvalue weighted by molar-refractivity contribution is 5.77. The van der Waals surface area contributed by atoms with Gasteiger partial charge in [0.1, 0.15) is 28.9 Å². The number of pyridine rings is 1. The van der Waals surface area contributed by atoms with Crippen molar-refractivity contribution in [2.75, 3.05) is 7.11 Å². The van der Waals surface area contributed by atoms with E-state index in [0.29, 0.717) is 22.8 Å². The van der Waals surface area contributed by atoms with Gasteiger partial charge in [-0.2, -0.15) is 10.4 Å². The van der Waals surface area contributed by atoms with Crippen molar-refractivity contribution in [1.29, 1.82) is 5.26 Å². The molecule has 1 aromatic carbocycles. The third-order valence-corrected chi connectivity index (χ3v) is 3.97. The first kappa shape index (κ1) is 17.2. The molecule has 0 aliphatic heterocycles. The Morgan fingerprint density at radius 1 is 1.19 bits per heavy atom. The maximum atomic E-state index is 12.3. The number of rotatable bonds is 4. The first-order valence-electron chi connectivity index (χ1n) is 7.95. The Hall–Kier alpha value is -3.59. The minimum atomic E-state index is -0.441. The van der Waals surface area contributed by atoms with Gasteiger partial charge in [-0.1, -0.05) is 0 Å². The molecule has 0 radical (unpaired) electrons. The molecule has 0 amide bonds. The maximum absolute atomic E-state index is 12.3. The van der Waals surface area contributed by atoms with Crippen LogP contribution in [0.2, 0.25) is 0 Å². The number of benzene rings is 1. The van der Waals surface area contributed by atoms with Crippen LogP contribution in [0.5, 0.6) is 5.75 Å². The van der Waals surface area contributed by atoms with Crippen molar-refractivity contribution in [2.24, 2.45) is 5.10 Å². The molecule has 6 nitrogen and oxygen atoms in total. The molecule has 0 aliphatic carbocycles. The summed E-state index contributed by atoms with van der Waals surface area (Å²) < 4.78 is 12.1. The van der Waals surface area contributed by atoms with E-state index in [-0.39, 0.29) is 5.56 Å². The molecule has 2 heterocycles. The molecule has 0 fully saturated rings. The van der Waals surface area contributed by atoms with E-state index in [9.17, 15) is 4.79 Å². The number of methoxy groups -OCH3 is 1. The van der Waals surface area contributed by atoms with Crippen LogP contribution in [0.1, 0.15) is 22.6 Å². The zero-order chi connectivity index (χ0) is 18.7. The summed E-state index contributed by atoms with van der Waals surface area (Å²) in [4.78, 5) is 12.3. The number of hydrogen-bond acceptors (Lipinski definition) is 5. The van der Waals surface area contributed by atoms with Crippen LogP contribution >= 0.6 is 0 Å². The maximum Gasteiger partial charge on any atom is 0.289 e. The largest absolute Gasteiger partial charge is 0.497 e. The van der Waals surface area contributed by atoms with E-state index in [1.165, 1.54) is 10.9 Å². The van der Waals surface area contributed by atoms with Crippen LogP contribution in [-0.2, 0) is 0 Å². The van der Waals surface area contributed by atoms with E-state index in [4.69, 9.17) is 14.4 Å². The van der Waals surface area contributed by atoms with Crippen LogP contribution in [0.15, 0.2) is 56.8 Å². The summed E-state index contributed by atoms with van der Waals surface area (Å²) in [6.45, 7) is 3.49. The Bertz CT molecular complexity index is 1070. The normalized spacial score (nSPS) is 10.8. The number of nitriles is 1. The van der Waals surface area contributed by atoms with Crippen LogP contribution in [0.3, 0.4) is 0 Å². The van der Waals surface area contributed by atoms with Crippen LogP contribution in [-0.4, -0.2) is 18.0 Å². The van der Waals surface area contributed by atoms with Crippen LogP contribution in [0, 0.1) is 25.2 Å². The highest BCUT2D eigenvalue weighted by atomic mass is 16.5. The molecule has 0 N–H and O–H groups in total. The fraction of sp³-hybridized carbons (Fsp3) is 0.150. The lowest BCUT2D eigenvalue weighted by molar-refractivity contribution is 0.415. The number of hydrogen-bond donors (Lipinski definition) is 0. The standard InChI is InChI=1S/C20H17N3O3/c1-13-10-14(2)23(20(24)18(13)11-21)22-12-17-8-9-19(26-17)15-4-6-16(25-3)7-5-15/h4-10,12H,1-3H3. The molecule has 130 valence electrons. The molecule has 2 aromatic heterocycles. The second-order valence-electron chi connectivity index (χ2n) is 5.75. The summed E-state index contributed by atoms with van der Waals surface area (Å²) in [6.07, 6.45) is 1.46. The minimum Gasteiger partial charge on any atom is -0.497 e. The van der Waals surface area contributed by atoms with Gasteiger partial charge in [-0.05, 0) is 61.9 Å². The van der Waals surface area contributed by atoms with Crippen molar-refractivity contribution >= 4 is 6.21 Å². The fourth-order valence-corrected chi connectivity index (χ4v) is 2.61. The Kier molecular flexibility index (Phi) is 4.72. The summed E-state index contributed by atoms with van der Waals surface area (Å²) in [5, 5.41) is 13.3. The quantitative estimate of drug-likeness (QED) is 0.677. The van der Waals surface area contributed by atoms with Gasteiger partial charge in [-0.15, -0.1) is 0 Å².